The molecule has 1 saturated heterocycles. The largest absolute Gasteiger partial charge is 0.481 e. The van der Waals surface area contributed by atoms with Crippen LogP contribution in [-0.2, 0) is 50.7 Å². The van der Waals surface area contributed by atoms with Crippen LogP contribution in [0.5, 0.6) is 0 Å². The number of carbonyl (C=O) groups excluding carboxylic acids is 3. The van der Waals surface area contributed by atoms with Crippen LogP contribution in [0.15, 0.2) is 12.7 Å². The zero-order chi connectivity index (χ0) is 52.5. The lowest BCUT2D eigenvalue weighted by molar-refractivity contribution is -0.137. The number of aromatic nitrogens is 4. The number of hydrogen-bond acceptors (Lipinski definition) is 18. The third-order valence-corrected chi connectivity index (χ3v) is 15.8. The molecule has 71 heavy (non-hydrogen) atoms. The highest BCUT2D eigenvalue weighted by atomic mass is 32.2. The van der Waals surface area contributed by atoms with Gasteiger partial charge in [0, 0.05) is 37.1 Å². The summed E-state index contributed by atoms with van der Waals surface area (Å²) in [7, 11) is -16.4. The highest BCUT2D eigenvalue weighted by Gasteiger charge is 2.50. The number of aliphatic hydroxyl groups is 2. The molecule has 2 aromatic heterocycles. The number of thioether (sulfide) groups is 1. The van der Waals surface area contributed by atoms with E-state index in [1.807, 2.05) is 0 Å². The Labute approximate surface area is 420 Å². The van der Waals surface area contributed by atoms with Crippen molar-refractivity contribution in [3.63, 3.8) is 0 Å². The summed E-state index contributed by atoms with van der Waals surface area (Å²) in [5, 5.41) is 26.7. The Morgan fingerprint density at radius 2 is 1.35 bits per heavy atom. The van der Waals surface area contributed by atoms with E-state index in [0.29, 0.717) is 12.2 Å². The first kappa shape index (κ1) is 62.9. The number of phosphoric acid groups is 3. The first-order valence-electron chi connectivity index (χ1n) is 24.6. The summed E-state index contributed by atoms with van der Waals surface area (Å²) < 4.78 is 62.5. The third kappa shape index (κ3) is 24.6. The van der Waals surface area contributed by atoms with Crippen molar-refractivity contribution in [3.8, 4) is 0 Å². The van der Waals surface area contributed by atoms with Gasteiger partial charge < -0.3 is 50.9 Å². The van der Waals surface area contributed by atoms with Gasteiger partial charge in [0.15, 0.2) is 22.8 Å². The molecule has 0 aliphatic carbocycles. The molecule has 1 aliphatic heterocycles. The highest BCUT2D eigenvalue weighted by Crippen LogP contribution is 2.61. The number of fused-ring (bicyclic) bond motifs is 1. The van der Waals surface area contributed by atoms with E-state index in [0.717, 1.165) is 48.2 Å². The van der Waals surface area contributed by atoms with Crippen molar-refractivity contribution >= 4 is 69.1 Å². The first-order chi connectivity index (χ1) is 33.6. The lowest BCUT2D eigenvalue weighted by Crippen LogP contribution is -2.46. The van der Waals surface area contributed by atoms with Gasteiger partial charge in [0.05, 0.1) is 19.5 Å². The van der Waals surface area contributed by atoms with E-state index >= 15 is 0 Å². The lowest BCUT2D eigenvalue weighted by Gasteiger charge is -2.30. The van der Waals surface area contributed by atoms with E-state index in [4.69, 9.17) is 19.5 Å². The molecule has 28 heteroatoms. The minimum Gasteiger partial charge on any atom is -0.386 e. The number of carbonyl (C=O) groups is 3. The second kappa shape index (κ2) is 32.1. The zero-order valence-corrected chi connectivity index (χ0v) is 44.7. The van der Waals surface area contributed by atoms with E-state index in [-0.39, 0.29) is 41.6 Å². The molecular weight excluding hydrogens is 1010 g/mol. The monoisotopic (exact) mass is 1090 g/mol. The Morgan fingerprint density at radius 1 is 0.803 bits per heavy atom. The van der Waals surface area contributed by atoms with Gasteiger partial charge in [-0.1, -0.05) is 148 Å². The number of phosphoric ester groups is 3. The van der Waals surface area contributed by atoms with Crippen molar-refractivity contribution in [2.24, 2.45) is 5.41 Å². The highest BCUT2D eigenvalue weighted by molar-refractivity contribution is 8.13. The second-order valence-electron chi connectivity index (χ2n) is 18.4. The van der Waals surface area contributed by atoms with Crippen molar-refractivity contribution < 1.29 is 80.5 Å². The zero-order valence-electron chi connectivity index (χ0n) is 41.2. The summed E-state index contributed by atoms with van der Waals surface area (Å²) in [6, 6.07) is 0. The standard InChI is InChI=1S/C43H78N7O17P3S/c1-4-5-6-7-8-9-10-11-12-13-14-15-16-17-18-19-20-21-22-23-34(52)71-27-26-45-33(51)24-25-46-41(55)38(54)43(2,3)29-64-70(61,62)67-69(59,60)63-28-32-37(66-68(56,57)58)36(53)42(65-32)50-31-49-35-39(44)47-30-48-40(35)50/h30-32,36-38,42,53-54H,4-29H2,1-3H3,(H,45,51)(H,46,55)(H,59,60)(H,61,62)(H2,44,47,48)(H2,56,57,58)/t32-,36-,37-,38+,42-/m1/s1. The number of hydrogen-bond donors (Lipinski definition) is 9. The fourth-order valence-corrected chi connectivity index (χ4v) is 11.3. The van der Waals surface area contributed by atoms with Gasteiger partial charge in [-0.25, -0.2) is 28.6 Å². The summed E-state index contributed by atoms with van der Waals surface area (Å²) in [5.41, 5.74) is 4.30. The van der Waals surface area contributed by atoms with Crippen LogP contribution in [0, 0.1) is 5.41 Å². The summed E-state index contributed by atoms with van der Waals surface area (Å²) >= 11 is 1.16. The quantitative estimate of drug-likeness (QED) is 0.0255. The number of nitrogen functional groups attached to an aromatic ring is 1. The van der Waals surface area contributed by atoms with Crippen LogP contribution in [0.25, 0.3) is 11.2 Å². The molecular formula is C43H78N7O17P3S. The third-order valence-electron chi connectivity index (χ3n) is 11.7. The van der Waals surface area contributed by atoms with Crippen LogP contribution in [0.3, 0.4) is 0 Å². The number of nitrogens with two attached hydrogens (primary N) is 1. The number of anilines is 1. The Morgan fingerprint density at radius 3 is 1.92 bits per heavy atom. The Balaban J connectivity index is 1.24. The molecule has 0 spiro atoms. The molecule has 7 atom stereocenters. The molecule has 3 rings (SSSR count). The van der Waals surface area contributed by atoms with Crippen LogP contribution < -0.4 is 16.4 Å². The number of unbranched alkanes of at least 4 members (excludes halogenated alkanes) is 18. The molecule has 0 aromatic carbocycles. The topological polar surface area (TPSA) is 364 Å². The summed E-state index contributed by atoms with van der Waals surface area (Å²) in [6.45, 7) is 2.85. The molecule has 24 nitrogen and oxygen atoms in total. The maximum absolute atomic E-state index is 12.8. The SMILES string of the molecule is CCCCCCCCCCCCCCCCCCCCCC(=O)SCCNC(=O)CCNC(=O)[C@H](O)C(C)(C)COP(=O)(O)OP(=O)(O)OC[C@H]1O[C@@H](n2cnc3c(N)ncnc32)[C@H](O)[C@@H]1OP(=O)(O)O. The van der Waals surface area contributed by atoms with E-state index in [1.165, 1.54) is 117 Å². The van der Waals surface area contributed by atoms with Gasteiger partial charge in [-0.2, -0.15) is 4.31 Å². The number of ether oxygens (including phenoxy) is 1. The molecule has 0 saturated carbocycles. The smallest absolute Gasteiger partial charge is 0.386 e. The average Bonchev–Trinajstić information content (AvgIpc) is 3.86. The summed E-state index contributed by atoms with van der Waals surface area (Å²) in [4.78, 5) is 88.5. The van der Waals surface area contributed by atoms with Crippen LogP contribution in [-0.4, -0.2) is 123 Å². The van der Waals surface area contributed by atoms with Gasteiger partial charge >= 0.3 is 23.5 Å². The van der Waals surface area contributed by atoms with E-state index in [9.17, 15) is 57.9 Å². The molecule has 2 amide bonds. The number of nitrogens with zero attached hydrogens (tertiary/aromatic N) is 4. The van der Waals surface area contributed by atoms with Gasteiger partial charge in [0.2, 0.25) is 11.8 Å². The van der Waals surface area contributed by atoms with Gasteiger partial charge in [0.1, 0.15) is 36.3 Å². The van der Waals surface area contributed by atoms with E-state index in [1.54, 1.807) is 0 Å². The molecule has 1 aliphatic rings. The molecule has 0 radical (unpaired) electrons. The van der Waals surface area contributed by atoms with Crippen molar-refractivity contribution in [2.45, 2.75) is 186 Å². The Bertz CT molecular complexity index is 2070. The number of aliphatic hydroxyl groups excluding tert-OH is 2. The average molecular weight is 1090 g/mol. The molecule has 10 N–H and O–H groups in total. The summed E-state index contributed by atoms with van der Waals surface area (Å²) in [5.74, 6) is -1.01. The summed E-state index contributed by atoms with van der Waals surface area (Å²) in [6.07, 6.45) is 18.0. The minimum absolute atomic E-state index is 0.0344. The maximum Gasteiger partial charge on any atom is 0.481 e. The fourth-order valence-electron chi connectivity index (χ4n) is 7.71. The molecule has 3 heterocycles. The fraction of sp³-hybridized carbons (Fsp3) is 0.814. The Hall–Kier alpha value is -2.44. The molecule has 0 bridgehead atoms. The Kier molecular flexibility index (Phi) is 28.4. The van der Waals surface area contributed by atoms with Gasteiger partial charge in [-0.15, -0.1) is 0 Å². The predicted octanol–water partition coefficient (Wildman–Crippen LogP) is 6.49. The molecule has 408 valence electrons. The second-order valence-corrected chi connectivity index (χ2v) is 23.8. The van der Waals surface area contributed by atoms with Gasteiger partial charge in [-0.05, 0) is 6.42 Å². The number of imidazole rings is 1. The van der Waals surface area contributed by atoms with Crippen LogP contribution in [0.1, 0.15) is 162 Å². The van der Waals surface area contributed by atoms with Crippen molar-refractivity contribution in [2.75, 3.05) is 37.8 Å². The van der Waals surface area contributed by atoms with Crippen LogP contribution >= 0.6 is 35.2 Å². The first-order valence-corrected chi connectivity index (χ1v) is 30.1. The van der Waals surface area contributed by atoms with E-state index in [2.05, 4.69) is 41.3 Å². The number of amides is 2. The van der Waals surface area contributed by atoms with Crippen molar-refractivity contribution in [3.05, 3.63) is 12.7 Å². The molecule has 2 aromatic rings. The molecule has 1 fully saturated rings. The van der Waals surface area contributed by atoms with Crippen LogP contribution in [0.2, 0.25) is 0 Å². The number of nitrogens with one attached hydrogen (secondary N) is 2. The van der Waals surface area contributed by atoms with Crippen molar-refractivity contribution in [1.82, 2.24) is 30.2 Å². The van der Waals surface area contributed by atoms with Gasteiger partial charge in [0.25, 0.3) is 0 Å². The lowest BCUT2D eigenvalue weighted by atomic mass is 9.87. The number of rotatable bonds is 39. The maximum atomic E-state index is 12.8. The van der Waals surface area contributed by atoms with Crippen molar-refractivity contribution in [1.29, 1.82) is 0 Å². The van der Waals surface area contributed by atoms with E-state index < -0.39 is 84.6 Å². The predicted molar refractivity (Wildman–Crippen MR) is 265 cm³/mol. The normalized spacial score (nSPS) is 19.6. The van der Waals surface area contributed by atoms with Gasteiger partial charge in [-0.3, -0.25) is 32.5 Å². The molecule has 2 unspecified atom stereocenters. The minimum atomic E-state index is -5.58. The van der Waals surface area contributed by atoms with Crippen LogP contribution in [0.4, 0.5) is 5.82 Å².